The number of ether oxygens (including phenoxy) is 2. The topological polar surface area (TPSA) is 69.7 Å². The van der Waals surface area contributed by atoms with Gasteiger partial charge in [-0.1, -0.05) is 28.1 Å². The number of benzene rings is 2. The van der Waals surface area contributed by atoms with Gasteiger partial charge in [-0.3, -0.25) is 9.59 Å². The number of carbonyl (C=O) groups excluding carboxylic acids is 3. The Morgan fingerprint density at radius 1 is 0.913 bits per heavy atom. The van der Waals surface area contributed by atoms with Crippen LogP contribution < -0.4 is 4.74 Å². The third-order valence-corrected chi connectivity index (χ3v) is 3.38. The SMILES string of the molecule is CC(=O)Oc1ccc(C(=O)OCC(=O)c2ccc(Br)cc2)cc1. The maximum atomic E-state index is 11.9. The van der Waals surface area contributed by atoms with Crippen molar-refractivity contribution < 1.29 is 23.9 Å². The number of carbonyl (C=O) groups is 3. The minimum absolute atomic E-state index is 0.268. The molecular formula is C17H13BrO5. The maximum Gasteiger partial charge on any atom is 0.338 e. The molecular weight excluding hydrogens is 364 g/mol. The van der Waals surface area contributed by atoms with Crippen LogP contribution >= 0.6 is 15.9 Å². The molecule has 0 saturated carbocycles. The highest BCUT2D eigenvalue weighted by atomic mass is 79.9. The molecule has 2 aromatic rings. The first-order valence-corrected chi connectivity index (χ1v) is 7.49. The Kier molecular flexibility index (Phi) is 5.65. The van der Waals surface area contributed by atoms with Crippen molar-refractivity contribution >= 4 is 33.7 Å². The van der Waals surface area contributed by atoms with Crippen LogP contribution in [-0.4, -0.2) is 24.3 Å². The van der Waals surface area contributed by atoms with Crippen LogP contribution in [0.25, 0.3) is 0 Å². The monoisotopic (exact) mass is 376 g/mol. The second-order valence-electron chi connectivity index (χ2n) is 4.62. The van der Waals surface area contributed by atoms with E-state index in [9.17, 15) is 14.4 Å². The number of ketones is 1. The van der Waals surface area contributed by atoms with Crippen LogP contribution in [0.3, 0.4) is 0 Å². The van der Waals surface area contributed by atoms with Crippen LogP contribution in [0.1, 0.15) is 27.6 Å². The molecule has 118 valence electrons. The number of esters is 2. The fraction of sp³-hybridized carbons (Fsp3) is 0.118. The van der Waals surface area contributed by atoms with Gasteiger partial charge in [0.15, 0.2) is 12.4 Å². The van der Waals surface area contributed by atoms with Gasteiger partial charge in [-0.05, 0) is 36.4 Å². The quantitative estimate of drug-likeness (QED) is 0.454. The summed E-state index contributed by atoms with van der Waals surface area (Å²) in [5, 5.41) is 0. The van der Waals surface area contributed by atoms with Gasteiger partial charge in [0, 0.05) is 17.0 Å². The minimum atomic E-state index is -0.621. The predicted octanol–water partition coefficient (Wildman–Crippen LogP) is 3.41. The van der Waals surface area contributed by atoms with Gasteiger partial charge in [0.05, 0.1) is 5.56 Å². The molecule has 0 heterocycles. The van der Waals surface area contributed by atoms with E-state index in [2.05, 4.69) is 15.9 Å². The molecule has 0 atom stereocenters. The van der Waals surface area contributed by atoms with Gasteiger partial charge < -0.3 is 9.47 Å². The van der Waals surface area contributed by atoms with Crippen molar-refractivity contribution in [1.29, 1.82) is 0 Å². The lowest BCUT2D eigenvalue weighted by Gasteiger charge is -2.06. The molecule has 0 amide bonds. The molecule has 2 aromatic carbocycles. The highest BCUT2D eigenvalue weighted by Crippen LogP contribution is 2.14. The van der Waals surface area contributed by atoms with Gasteiger partial charge in [0.2, 0.25) is 0 Å². The van der Waals surface area contributed by atoms with E-state index in [4.69, 9.17) is 9.47 Å². The molecule has 0 aliphatic rings. The van der Waals surface area contributed by atoms with Crippen molar-refractivity contribution in [2.24, 2.45) is 0 Å². The van der Waals surface area contributed by atoms with E-state index in [1.165, 1.54) is 31.2 Å². The molecule has 0 unspecified atom stereocenters. The summed E-state index contributed by atoms with van der Waals surface area (Å²) >= 11 is 3.28. The lowest BCUT2D eigenvalue weighted by Crippen LogP contribution is -2.14. The van der Waals surface area contributed by atoms with Gasteiger partial charge in [0.1, 0.15) is 5.75 Å². The summed E-state index contributed by atoms with van der Waals surface area (Å²) in [4.78, 5) is 34.6. The molecule has 23 heavy (non-hydrogen) atoms. The van der Waals surface area contributed by atoms with E-state index in [-0.39, 0.29) is 18.0 Å². The largest absolute Gasteiger partial charge is 0.454 e. The first kappa shape index (κ1) is 16.9. The zero-order chi connectivity index (χ0) is 16.8. The lowest BCUT2D eigenvalue weighted by atomic mass is 10.1. The Labute approximate surface area is 141 Å². The number of hydrogen-bond acceptors (Lipinski definition) is 5. The van der Waals surface area contributed by atoms with Gasteiger partial charge in [-0.15, -0.1) is 0 Å². The molecule has 0 aliphatic carbocycles. The van der Waals surface area contributed by atoms with Crippen LogP contribution in [0.4, 0.5) is 0 Å². The molecule has 0 bridgehead atoms. The molecule has 0 N–H and O–H groups in total. The van der Waals surface area contributed by atoms with Gasteiger partial charge >= 0.3 is 11.9 Å². The molecule has 0 saturated heterocycles. The van der Waals surface area contributed by atoms with Gasteiger partial charge in [0.25, 0.3) is 0 Å². The molecule has 0 aliphatic heterocycles. The molecule has 0 spiro atoms. The van der Waals surface area contributed by atoms with E-state index >= 15 is 0 Å². The van der Waals surface area contributed by atoms with Crippen LogP contribution in [0.2, 0.25) is 0 Å². The Morgan fingerprint density at radius 2 is 1.48 bits per heavy atom. The molecule has 0 radical (unpaired) electrons. The number of halogens is 1. The summed E-state index contributed by atoms with van der Waals surface area (Å²) in [6.07, 6.45) is 0. The average Bonchev–Trinajstić information content (AvgIpc) is 2.53. The summed E-state index contributed by atoms with van der Waals surface area (Å²) in [7, 11) is 0. The van der Waals surface area contributed by atoms with Gasteiger partial charge in [-0.25, -0.2) is 4.79 Å². The fourth-order valence-electron chi connectivity index (χ4n) is 1.76. The normalized spacial score (nSPS) is 10.0. The van der Waals surface area contributed by atoms with Crippen LogP contribution in [-0.2, 0) is 9.53 Å². The van der Waals surface area contributed by atoms with Crippen LogP contribution in [0, 0.1) is 0 Å². The Balaban J connectivity index is 1.92. The van der Waals surface area contributed by atoms with Crippen molar-refractivity contribution in [1.82, 2.24) is 0 Å². The van der Waals surface area contributed by atoms with Gasteiger partial charge in [-0.2, -0.15) is 0 Å². The zero-order valence-electron chi connectivity index (χ0n) is 12.2. The van der Waals surface area contributed by atoms with Crippen LogP contribution in [0.15, 0.2) is 53.0 Å². The third-order valence-electron chi connectivity index (χ3n) is 2.85. The number of rotatable bonds is 5. The van der Waals surface area contributed by atoms with Crippen molar-refractivity contribution in [2.75, 3.05) is 6.61 Å². The van der Waals surface area contributed by atoms with Crippen molar-refractivity contribution in [3.8, 4) is 5.75 Å². The zero-order valence-corrected chi connectivity index (χ0v) is 13.8. The molecule has 2 rings (SSSR count). The van der Waals surface area contributed by atoms with E-state index in [1.807, 2.05) is 0 Å². The summed E-state index contributed by atoms with van der Waals surface area (Å²) in [5.74, 6) is -1.02. The summed E-state index contributed by atoms with van der Waals surface area (Å²) < 4.78 is 10.7. The maximum absolute atomic E-state index is 11.9. The third kappa shape index (κ3) is 5.03. The average molecular weight is 377 g/mol. The molecule has 6 heteroatoms. The summed E-state index contributed by atoms with van der Waals surface area (Å²) in [6, 6.07) is 12.7. The minimum Gasteiger partial charge on any atom is -0.454 e. The fourth-order valence-corrected chi connectivity index (χ4v) is 2.02. The van der Waals surface area contributed by atoms with Crippen molar-refractivity contribution in [3.63, 3.8) is 0 Å². The number of hydrogen-bond donors (Lipinski definition) is 0. The summed E-state index contributed by atoms with van der Waals surface area (Å²) in [5.41, 5.74) is 0.732. The Bertz CT molecular complexity index is 720. The van der Waals surface area contributed by atoms with Crippen molar-refractivity contribution in [3.05, 3.63) is 64.1 Å². The van der Waals surface area contributed by atoms with E-state index in [1.54, 1.807) is 24.3 Å². The van der Waals surface area contributed by atoms with E-state index in [0.717, 1.165) is 4.47 Å². The number of Topliss-reactive ketones (excluding diaryl/α,β-unsaturated/α-hetero) is 1. The molecule has 0 fully saturated rings. The lowest BCUT2D eigenvalue weighted by molar-refractivity contribution is -0.131. The second kappa shape index (κ2) is 7.69. The highest BCUT2D eigenvalue weighted by molar-refractivity contribution is 9.10. The van der Waals surface area contributed by atoms with Crippen molar-refractivity contribution in [2.45, 2.75) is 6.92 Å². The smallest absolute Gasteiger partial charge is 0.338 e. The Morgan fingerprint density at radius 3 is 2.04 bits per heavy atom. The first-order chi connectivity index (χ1) is 11.0. The summed E-state index contributed by atoms with van der Waals surface area (Å²) in [6.45, 7) is 0.946. The highest BCUT2D eigenvalue weighted by Gasteiger charge is 2.12. The Hall–Kier alpha value is -2.47. The molecule has 0 aromatic heterocycles. The van der Waals surface area contributed by atoms with E-state index in [0.29, 0.717) is 11.3 Å². The predicted molar refractivity (Wildman–Crippen MR) is 86.5 cm³/mol. The standard InChI is InChI=1S/C17H13BrO5/c1-11(19)23-15-8-4-13(5-9-15)17(21)22-10-16(20)12-2-6-14(18)7-3-12/h2-9H,10H2,1H3. The second-order valence-corrected chi connectivity index (χ2v) is 5.54. The van der Waals surface area contributed by atoms with Crippen LogP contribution in [0.5, 0.6) is 5.75 Å². The van der Waals surface area contributed by atoms with E-state index < -0.39 is 11.9 Å². The molecule has 5 nitrogen and oxygen atoms in total. The first-order valence-electron chi connectivity index (χ1n) is 6.70.